The molecule has 1 heterocycles. The van der Waals surface area contributed by atoms with Crippen LogP contribution in [0.15, 0.2) is 0 Å². The third-order valence-electron chi connectivity index (χ3n) is 4.16. The summed E-state index contributed by atoms with van der Waals surface area (Å²) in [6.07, 6.45) is 6.65. The van der Waals surface area contributed by atoms with E-state index in [0.717, 1.165) is 38.7 Å². The molecule has 108 valence electrons. The number of hydrogen-bond acceptors (Lipinski definition) is 3. The molecule has 1 atom stereocenters. The third-order valence-corrected chi connectivity index (χ3v) is 4.16. The van der Waals surface area contributed by atoms with Gasteiger partial charge in [0.2, 0.25) is 5.91 Å². The van der Waals surface area contributed by atoms with Gasteiger partial charge >= 0.3 is 5.97 Å². The van der Waals surface area contributed by atoms with Crippen LogP contribution in [-0.4, -0.2) is 35.7 Å². The molecule has 2 rings (SSSR count). The summed E-state index contributed by atoms with van der Waals surface area (Å²) in [5, 5.41) is 11.9. The fraction of sp³-hybridized carbons (Fsp3) is 0.857. The summed E-state index contributed by atoms with van der Waals surface area (Å²) >= 11 is 0. The van der Waals surface area contributed by atoms with E-state index in [1.807, 2.05) is 0 Å². The molecule has 1 unspecified atom stereocenters. The van der Waals surface area contributed by atoms with Gasteiger partial charge in [-0.1, -0.05) is 0 Å². The van der Waals surface area contributed by atoms with Gasteiger partial charge < -0.3 is 15.2 Å². The molecule has 2 fully saturated rings. The van der Waals surface area contributed by atoms with Crippen molar-refractivity contribution in [3.05, 3.63) is 0 Å². The lowest BCUT2D eigenvalue weighted by Crippen LogP contribution is -2.38. The second kappa shape index (κ2) is 6.89. The fourth-order valence-corrected chi connectivity index (χ4v) is 2.95. The number of carbonyl (C=O) groups is 2. The molecule has 0 aromatic heterocycles. The molecular formula is C14H23NO4. The number of rotatable bonds is 5. The topological polar surface area (TPSA) is 75.6 Å². The SMILES string of the molecule is O=C(CCC1CCCO1)NC1CCC(C(=O)O)CC1. The van der Waals surface area contributed by atoms with Gasteiger partial charge in [0.25, 0.3) is 0 Å². The Labute approximate surface area is 113 Å². The first-order valence-corrected chi connectivity index (χ1v) is 7.29. The van der Waals surface area contributed by atoms with Crippen LogP contribution in [0.4, 0.5) is 0 Å². The fourth-order valence-electron chi connectivity index (χ4n) is 2.95. The molecule has 0 spiro atoms. The molecule has 2 aliphatic rings. The number of hydrogen-bond donors (Lipinski definition) is 2. The summed E-state index contributed by atoms with van der Waals surface area (Å²) in [4.78, 5) is 22.6. The molecule has 0 aromatic rings. The predicted molar refractivity (Wildman–Crippen MR) is 69.7 cm³/mol. The maximum Gasteiger partial charge on any atom is 0.306 e. The molecule has 19 heavy (non-hydrogen) atoms. The van der Waals surface area contributed by atoms with E-state index in [4.69, 9.17) is 9.84 Å². The first-order chi connectivity index (χ1) is 9.15. The number of nitrogens with one attached hydrogen (secondary N) is 1. The summed E-state index contributed by atoms with van der Waals surface area (Å²) in [5.74, 6) is -0.850. The van der Waals surface area contributed by atoms with Crippen molar-refractivity contribution in [2.75, 3.05) is 6.61 Å². The second-order valence-corrected chi connectivity index (χ2v) is 5.63. The molecule has 0 aromatic carbocycles. The van der Waals surface area contributed by atoms with Gasteiger partial charge in [-0.15, -0.1) is 0 Å². The maximum absolute atomic E-state index is 11.8. The van der Waals surface area contributed by atoms with E-state index in [2.05, 4.69) is 5.32 Å². The van der Waals surface area contributed by atoms with Crippen LogP contribution in [0.3, 0.4) is 0 Å². The Kier molecular flexibility index (Phi) is 5.19. The van der Waals surface area contributed by atoms with Crippen molar-refractivity contribution in [1.82, 2.24) is 5.32 Å². The standard InChI is InChI=1S/C14H23NO4/c16-13(8-7-12-2-1-9-19-12)15-11-5-3-10(4-6-11)14(17)18/h10-12H,1-9H2,(H,15,16)(H,17,18). The van der Waals surface area contributed by atoms with Crippen molar-refractivity contribution >= 4 is 11.9 Å². The highest BCUT2D eigenvalue weighted by Crippen LogP contribution is 2.24. The number of carboxylic acid groups (broad SMARTS) is 1. The zero-order valence-electron chi connectivity index (χ0n) is 11.3. The highest BCUT2D eigenvalue weighted by atomic mass is 16.5. The molecule has 0 radical (unpaired) electrons. The molecule has 1 aliphatic heterocycles. The van der Waals surface area contributed by atoms with Gasteiger partial charge in [0.15, 0.2) is 0 Å². The highest BCUT2D eigenvalue weighted by molar-refractivity contribution is 5.76. The number of aliphatic carboxylic acids is 1. The monoisotopic (exact) mass is 269 g/mol. The number of amides is 1. The summed E-state index contributed by atoms with van der Waals surface area (Å²) in [7, 11) is 0. The summed E-state index contributed by atoms with van der Waals surface area (Å²) in [5.41, 5.74) is 0. The largest absolute Gasteiger partial charge is 0.481 e. The lowest BCUT2D eigenvalue weighted by molar-refractivity contribution is -0.142. The first-order valence-electron chi connectivity index (χ1n) is 7.29. The molecular weight excluding hydrogens is 246 g/mol. The van der Waals surface area contributed by atoms with Crippen molar-refractivity contribution in [2.45, 2.75) is 63.5 Å². The minimum Gasteiger partial charge on any atom is -0.481 e. The zero-order valence-corrected chi connectivity index (χ0v) is 11.3. The Morgan fingerprint density at radius 1 is 1.16 bits per heavy atom. The number of carbonyl (C=O) groups excluding carboxylic acids is 1. The minimum absolute atomic E-state index is 0.0780. The van der Waals surface area contributed by atoms with Crippen LogP contribution in [0.25, 0.3) is 0 Å². The minimum atomic E-state index is -0.705. The number of carboxylic acids is 1. The Morgan fingerprint density at radius 3 is 2.47 bits per heavy atom. The average molecular weight is 269 g/mol. The maximum atomic E-state index is 11.8. The molecule has 5 heteroatoms. The van der Waals surface area contributed by atoms with Crippen LogP contribution in [0, 0.1) is 5.92 Å². The predicted octanol–water partition coefficient (Wildman–Crippen LogP) is 1.71. The normalized spacial score (nSPS) is 31.1. The van der Waals surface area contributed by atoms with E-state index in [0.29, 0.717) is 19.3 Å². The quantitative estimate of drug-likeness (QED) is 0.796. The number of ether oxygens (including phenoxy) is 1. The second-order valence-electron chi connectivity index (χ2n) is 5.63. The Bertz CT molecular complexity index is 317. The van der Waals surface area contributed by atoms with Crippen molar-refractivity contribution < 1.29 is 19.4 Å². The molecule has 0 bridgehead atoms. The highest BCUT2D eigenvalue weighted by Gasteiger charge is 2.26. The zero-order chi connectivity index (χ0) is 13.7. The summed E-state index contributed by atoms with van der Waals surface area (Å²) < 4.78 is 5.49. The molecule has 2 N–H and O–H groups in total. The van der Waals surface area contributed by atoms with Crippen molar-refractivity contribution in [3.63, 3.8) is 0 Å². The van der Waals surface area contributed by atoms with E-state index in [1.54, 1.807) is 0 Å². The first kappa shape index (κ1) is 14.3. The van der Waals surface area contributed by atoms with Crippen LogP contribution < -0.4 is 5.32 Å². The van der Waals surface area contributed by atoms with Gasteiger partial charge in [-0.25, -0.2) is 0 Å². The van der Waals surface area contributed by atoms with E-state index in [1.165, 1.54) is 0 Å². The van der Waals surface area contributed by atoms with Gasteiger partial charge in [0.1, 0.15) is 0 Å². The van der Waals surface area contributed by atoms with Crippen LogP contribution in [0.1, 0.15) is 51.4 Å². The molecule has 1 saturated heterocycles. The van der Waals surface area contributed by atoms with Gasteiger partial charge in [0.05, 0.1) is 12.0 Å². The molecule has 1 amide bonds. The van der Waals surface area contributed by atoms with Gasteiger partial charge in [0, 0.05) is 19.1 Å². The lowest BCUT2D eigenvalue weighted by atomic mass is 9.86. The summed E-state index contributed by atoms with van der Waals surface area (Å²) in [6.45, 7) is 0.825. The van der Waals surface area contributed by atoms with E-state index in [9.17, 15) is 9.59 Å². The van der Waals surface area contributed by atoms with Crippen LogP contribution >= 0.6 is 0 Å². The van der Waals surface area contributed by atoms with Gasteiger partial charge in [-0.2, -0.15) is 0 Å². The van der Waals surface area contributed by atoms with Crippen molar-refractivity contribution in [2.24, 2.45) is 5.92 Å². The summed E-state index contributed by atoms with van der Waals surface area (Å²) in [6, 6.07) is 0.160. The third kappa shape index (κ3) is 4.49. The smallest absolute Gasteiger partial charge is 0.306 e. The van der Waals surface area contributed by atoms with E-state index < -0.39 is 5.97 Å². The van der Waals surface area contributed by atoms with Gasteiger partial charge in [-0.3, -0.25) is 9.59 Å². The van der Waals surface area contributed by atoms with Crippen molar-refractivity contribution in [1.29, 1.82) is 0 Å². The van der Waals surface area contributed by atoms with Crippen LogP contribution in [0.5, 0.6) is 0 Å². The van der Waals surface area contributed by atoms with Crippen LogP contribution in [0.2, 0.25) is 0 Å². The molecule has 5 nitrogen and oxygen atoms in total. The van der Waals surface area contributed by atoms with Crippen LogP contribution in [-0.2, 0) is 14.3 Å². The Hall–Kier alpha value is -1.10. The van der Waals surface area contributed by atoms with Crippen molar-refractivity contribution in [3.8, 4) is 0 Å². The molecule has 1 aliphatic carbocycles. The Morgan fingerprint density at radius 2 is 1.89 bits per heavy atom. The van der Waals surface area contributed by atoms with E-state index >= 15 is 0 Å². The van der Waals surface area contributed by atoms with E-state index in [-0.39, 0.29) is 24.0 Å². The Balaban J connectivity index is 1.61. The lowest BCUT2D eigenvalue weighted by Gasteiger charge is -2.27. The molecule has 1 saturated carbocycles. The van der Waals surface area contributed by atoms with Gasteiger partial charge in [-0.05, 0) is 44.9 Å². The average Bonchev–Trinajstić information content (AvgIpc) is 2.90.